The van der Waals surface area contributed by atoms with Gasteiger partial charge in [-0.05, 0) is 36.1 Å². The van der Waals surface area contributed by atoms with Crippen molar-refractivity contribution in [2.24, 2.45) is 0 Å². The Bertz CT molecular complexity index is 952. The molecule has 0 unspecified atom stereocenters. The summed E-state index contributed by atoms with van der Waals surface area (Å²) in [5.41, 5.74) is 0.600. The van der Waals surface area contributed by atoms with E-state index in [1.807, 2.05) is 17.5 Å². The number of ether oxygens (including phenoxy) is 2. The topological polar surface area (TPSA) is 104 Å². The zero-order chi connectivity index (χ0) is 19.9. The van der Waals surface area contributed by atoms with Crippen LogP contribution in [0.15, 0.2) is 40.2 Å². The standard InChI is InChI=1S/C19H19N3O5S/c1-25-12-8-9-14(13(11-12)19(24)26-2)20-16(23)6-3-7-17-21-18(22-27-17)15-5-4-10-28-15/h4-5,8-11H,3,6-7H2,1-2H3,(H,20,23). The van der Waals surface area contributed by atoms with Gasteiger partial charge < -0.3 is 19.3 Å². The van der Waals surface area contributed by atoms with Crippen molar-refractivity contribution in [2.75, 3.05) is 19.5 Å². The first-order chi connectivity index (χ1) is 13.6. The number of carbonyl (C=O) groups is 2. The first-order valence-corrected chi connectivity index (χ1v) is 9.41. The molecule has 0 aliphatic heterocycles. The molecule has 0 bridgehead atoms. The largest absolute Gasteiger partial charge is 0.497 e. The van der Waals surface area contributed by atoms with Crippen LogP contribution >= 0.6 is 11.3 Å². The van der Waals surface area contributed by atoms with Crippen LogP contribution in [-0.2, 0) is 16.0 Å². The summed E-state index contributed by atoms with van der Waals surface area (Å²) in [7, 11) is 2.78. The van der Waals surface area contributed by atoms with Crippen LogP contribution in [0.3, 0.4) is 0 Å². The molecule has 2 heterocycles. The number of aryl methyl sites for hydroxylation is 1. The molecule has 0 fully saturated rings. The normalized spacial score (nSPS) is 10.5. The molecular formula is C19H19N3O5S. The Kier molecular flexibility index (Phi) is 6.38. The SMILES string of the molecule is COC(=O)c1cc(OC)ccc1NC(=O)CCCc1nc(-c2cccs2)no1. The van der Waals surface area contributed by atoms with Crippen LogP contribution in [0, 0.1) is 0 Å². The number of esters is 1. The molecule has 0 saturated heterocycles. The highest BCUT2D eigenvalue weighted by Crippen LogP contribution is 2.24. The van der Waals surface area contributed by atoms with E-state index in [1.54, 1.807) is 12.1 Å². The van der Waals surface area contributed by atoms with Gasteiger partial charge in [0, 0.05) is 12.8 Å². The van der Waals surface area contributed by atoms with E-state index in [-0.39, 0.29) is 17.9 Å². The van der Waals surface area contributed by atoms with Crippen LogP contribution in [0.2, 0.25) is 0 Å². The van der Waals surface area contributed by atoms with Gasteiger partial charge in [-0.3, -0.25) is 4.79 Å². The van der Waals surface area contributed by atoms with E-state index < -0.39 is 5.97 Å². The first-order valence-electron chi connectivity index (χ1n) is 8.53. The van der Waals surface area contributed by atoms with E-state index >= 15 is 0 Å². The molecule has 0 spiro atoms. The van der Waals surface area contributed by atoms with E-state index in [0.29, 0.717) is 36.0 Å². The number of carbonyl (C=O) groups excluding carboxylic acids is 2. The lowest BCUT2D eigenvalue weighted by Gasteiger charge is -2.11. The Morgan fingerprint density at radius 1 is 1.25 bits per heavy atom. The Morgan fingerprint density at radius 2 is 2.11 bits per heavy atom. The molecule has 146 valence electrons. The molecule has 1 amide bonds. The second kappa shape index (κ2) is 9.14. The third-order valence-corrected chi connectivity index (χ3v) is 4.78. The summed E-state index contributed by atoms with van der Waals surface area (Å²) in [4.78, 5) is 29.4. The zero-order valence-corrected chi connectivity index (χ0v) is 16.2. The van der Waals surface area contributed by atoms with Crippen LogP contribution in [0.5, 0.6) is 5.75 Å². The number of anilines is 1. The molecule has 8 nitrogen and oxygen atoms in total. The zero-order valence-electron chi connectivity index (χ0n) is 15.4. The number of rotatable bonds is 8. The summed E-state index contributed by atoms with van der Waals surface area (Å²) < 4.78 is 15.1. The monoisotopic (exact) mass is 401 g/mol. The molecule has 9 heteroatoms. The van der Waals surface area contributed by atoms with Crippen LogP contribution < -0.4 is 10.1 Å². The molecule has 28 heavy (non-hydrogen) atoms. The summed E-state index contributed by atoms with van der Waals surface area (Å²) in [6.07, 6.45) is 1.25. The Morgan fingerprint density at radius 3 is 2.82 bits per heavy atom. The maximum Gasteiger partial charge on any atom is 0.340 e. The smallest absolute Gasteiger partial charge is 0.340 e. The minimum Gasteiger partial charge on any atom is -0.497 e. The molecule has 0 radical (unpaired) electrons. The minimum atomic E-state index is -0.554. The highest BCUT2D eigenvalue weighted by atomic mass is 32.1. The number of amides is 1. The third-order valence-electron chi connectivity index (χ3n) is 3.91. The van der Waals surface area contributed by atoms with Gasteiger partial charge in [-0.15, -0.1) is 11.3 Å². The van der Waals surface area contributed by atoms with Gasteiger partial charge in [0.15, 0.2) is 0 Å². The van der Waals surface area contributed by atoms with E-state index in [2.05, 4.69) is 15.5 Å². The number of nitrogens with one attached hydrogen (secondary N) is 1. The molecule has 1 aromatic carbocycles. The lowest BCUT2D eigenvalue weighted by molar-refractivity contribution is -0.116. The minimum absolute atomic E-state index is 0.228. The van der Waals surface area contributed by atoms with E-state index in [0.717, 1.165) is 4.88 Å². The highest BCUT2D eigenvalue weighted by molar-refractivity contribution is 7.13. The second-order valence-corrected chi connectivity index (χ2v) is 6.74. The number of nitrogens with zero attached hydrogens (tertiary/aromatic N) is 2. The van der Waals surface area contributed by atoms with Crippen LogP contribution in [0.4, 0.5) is 5.69 Å². The van der Waals surface area contributed by atoms with Crippen LogP contribution in [0.25, 0.3) is 10.7 Å². The van der Waals surface area contributed by atoms with Crippen molar-refractivity contribution in [1.29, 1.82) is 0 Å². The number of methoxy groups -OCH3 is 2. The van der Waals surface area contributed by atoms with Crippen molar-refractivity contribution >= 4 is 28.9 Å². The summed E-state index contributed by atoms with van der Waals surface area (Å²) in [6.45, 7) is 0. The third kappa shape index (κ3) is 4.74. The van der Waals surface area contributed by atoms with E-state index in [9.17, 15) is 9.59 Å². The van der Waals surface area contributed by atoms with Crippen molar-refractivity contribution in [1.82, 2.24) is 10.1 Å². The summed E-state index contributed by atoms with van der Waals surface area (Å²) in [6, 6.07) is 8.62. The number of thiophene rings is 1. The average Bonchev–Trinajstić information content (AvgIpc) is 3.39. The van der Waals surface area contributed by atoms with Crippen molar-refractivity contribution in [2.45, 2.75) is 19.3 Å². The summed E-state index contributed by atoms with van der Waals surface area (Å²) in [5.74, 6) is 0.747. The highest BCUT2D eigenvalue weighted by Gasteiger charge is 2.16. The Balaban J connectivity index is 1.55. The van der Waals surface area contributed by atoms with Crippen LogP contribution in [-0.4, -0.2) is 36.2 Å². The fourth-order valence-electron chi connectivity index (χ4n) is 2.51. The molecular weight excluding hydrogens is 382 g/mol. The Labute approximate surface area is 165 Å². The molecule has 3 aromatic rings. The molecule has 0 aliphatic carbocycles. The maximum absolute atomic E-state index is 12.3. The average molecular weight is 401 g/mol. The first kappa shape index (κ1) is 19.6. The van der Waals surface area contributed by atoms with Crippen LogP contribution in [0.1, 0.15) is 29.1 Å². The quantitative estimate of drug-likeness (QED) is 0.576. The molecule has 0 saturated carbocycles. The molecule has 1 N–H and O–H groups in total. The van der Waals surface area contributed by atoms with Crippen molar-refractivity contribution in [3.8, 4) is 16.5 Å². The van der Waals surface area contributed by atoms with Gasteiger partial charge in [-0.2, -0.15) is 4.98 Å². The molecule has 2 aromatic heterocycles. The summed E-state index contributed by atoms with van der Waals surface area (Å²) in [5, 5.41) is 8.61. The molecule has 3 rings (SSSR count). The number of hydrogen-bond acceptors (Lipinski definition) is 8. The van der Waals surface area contributed by atoms with Gasteiger partial charge in [-0.1, -0.05) is 11.2 Å². The molecule has 0 atom stereocenters. The van der Waals surface area contributed by atoms with Crippen molar-refractivity contribution in [3.63, 3.8) is 0 Å². The lowest BCUT2D eigenvalue weighted by atomic mass is 10.1. The number of benzene rings is 1. The lowest BCUT2D eigenvalue weighted by Crippen LogP contribution is -2.15. The number of hydrogen-bond donors (Lipinski definition) is 1. The van der Waals surface area contributed by atoms with E-state index in [4.69, 9.17) is 14.0 Å². The van der Waals surface area contributed by atoms with Gasteiger partial charge in [0.25, 0.3) is 0 Å². The van der Waals surface area contributed by atoms with E-state index in [1.165, 1.54) is 31.6 Å². The van der Waals surface area contributed by atoms with Crippen molar-refractivity contribution < 1.29 is 23.6 Å². The fraction of sp³-hybridized carbons (Fsp3) is 0.263. The predicted octanol–water partition coefficient (Wildman–Crippen LogP) is 3.55. The van der Waals surface area contributed by atoms with Gasteiger partial charge in [0.1, 0.15) is 5.75 Å². The predicted molar refractivity (Wildman–Crippen MR) is 104 cm³/mol. The van der Waals surface area contributed by atoms with Gasteiger partial charge in [0.05, 0.1) is 30.3 Å². The molecule has 0 aliphatic rings. The second-order valence-electron chi connectivity index (χ2n) is 5.79. The maximum atomic E-state index is 12.3. The van der Waals surface area contributed by atoms with Gasteiger partial charge in [-0.25, -0.2) is 4.79 Å². The summed E-state index contributed by atoms with van der Waals surface area (Å²) >= 11 is 1.53. The van der Waals surface area contributed by atoms with Gasteiger partial charge >= 0.3 is 5.97 Å². The Hall–Kier alpha value is -3.20. The number of aromatic nitrogens is 2. The fourth-order valence-corrected chi connectivity index (χ4v) is 3.16. The van der Waals surface area contributed by atoms with Gasteiger partial charge in [0.2, 0.25) is 17.6 Å². The van der Waals surface area contributed by atoms with Crippen molar-refractivity contribution in [3.05, 3.63) is 47.2 Å².